The van der Waals surface area contributed by atoms with Gasteiger partial charge in [-0.25, -0.2) is 8.70 Å². The average molecular weight is 525 g/mol. The molecule has 0 fully saturated rings. The minimum atomic E-state index is -6.00. The number of nitrogens with zero attached hydrogens (tertiary/aromatic N) is 2. The molecule has 0 saturated carbocycles. The van der Waals surface area contributed by atoms with Gasteiger partial charge in [-0.3, -0.25) is 4.79 Å². The van der Waals surface area contributed by atoms with Crippen molar-refractivity contribution in [3.05, 3.63) is 58.9 Å². The monoisotopic (exact) mass is 524 g/mol. The first-order valence-electron chi connectivity index (χ1n) is 9.57. The van der Waals surface area contributed by atoms with E-state index in [1.165, 1.54) is 52.0 Å². The van der Waals surface area contributed by atoms with Crippen LogP contribution in [0, 0.1) is 11.2 Å². The Labute approximate surface area is 198 Å². The summed E-state index contributed by atoms with van der Waals surface area (Å²) < 4.78 is 82.9. The summed E-state index contributed by atoms with van der Waals surface area (Å²) in [6, 6.07) is 8.09. The fourth-order valence-corrected chi connectivity index (χ4v) is 3.44. The van der Waals surface area contributed by atoms with Crippen molar-refractivity contribution in [3.63, 3.8) is 0 Å². The number of anilines is 1. The number of carbonyl (C=O) groups excluding carboxylic acids is 1. The van der Waals surface area contributed by atoms with Crippen LogP contribution in [0.25, 0.3) is 0 Å². The Balaban J connectivity index is 2.54. The lowest BCUT2D eigenvalue weighted by Crippen LogP contribution is -2.44. The number of hydrogen-bond donors (Lipinski definition) is 0. The number of halogens is 5. The molecule has 0 aliphatic rings. The Bertz CT molecular complexity index is 1180. The summed E-state index contributed by atoms with van der Waals surface area (Å²) in [5, 5.41) is 3.84. The third-order valence-corrected chi connectivity index (χ3v) is 5.93. The Morgan fingerprint density at radius 2 is 1.68 bits per heavy atom. The number of hydrogen-bond acceptors (Lipinski definition) is 6. The van der Waals surface area contributed by atoms with Crippen molar-refractivity contribution >= 4 is 39.0 Å². The first kappa shape index (κ1) is 27.4. The molecule has 186 valence electrons. The molecule has 0 atom stereocenters. The highest BCUT2D eigenvalue weighted by atomic mass is 35.5. The lowest BCUT2D eigenvalue weighted by Gasteiger charge is -2.28. The smallest absolute Gasteiger partial charge is 0.443 e. The summed E-state index contributed by atoms with van der Waals surface area (Å²) in [7, 11) is -6.00. The van der Waals surface area contributed by atoms with Crippen LogP contribution in [-0.2, 0) is 19.6 Å². The predicted molar refractivity (Wildman–Crippen MR) is 119 cm³/mol. The van der Waals surface area contributed by atoms with Crippen molar-refractivity contribution in [2.45, 2.75) is 33.2 Å². The highest BCUT2D eigenvalue weighted by Gasteiger charge is 2.51. The van der Waals surface area contributed by atoms with Gasteiger partial charge in [-0.05, 0) is 70.2 Å². The summed E-state index contributed by atoms with van der Waals surface area (Å²) in [4.78, 5) is 17.3. The fourth-order valence-electron chi connectivity index (χ4n) is 2.41. The molecular formula is C21H21ClF4N2O5S. The van der Waals surface area contributed by atoms with E-state index in [4.69, 9.17) is 21.2 Å². The third kappa shape index (κ3) is 6.60. The lowest BCUT2D eigenvalue weighted by atomic mass is 9.98. The van der Waals surface area contributed by atoms with Gasteiger partial charge in [0.05, 0.1) is 16.8 Å². The van der Waals surface area contributed by atoms with E-state index in [1.807, 2.05) is 0 Å². The van der Waals surface area contributed by atoms with E-state index in [0.717, 1.165) is 18.2 Å². The van der Waals surface area contributed by atoms with Crippen molar-refractivity contribution in [1.82, 2.24) is 0 Å². The number of carbonyl (C=O) groups is 1. The summed E-state index contributed by atoms with van der Waals surface area (Å²) >= 11 is 5.98. The van der Waals surface area contributed by atoms with Crippen LogP contribution in [0.15, 0.2) is 47.6 Å². The van der Waals surface area contributed by atoms with Gasteiger partial charge in [0, 0.05) is 10.6 Å². The molecule has 0 aliphatic heterocycles. The molecule has 0 aliphatic carbocycles. The zero-order valence-electron chi connectivity index (χ0n) is 18.5. The van der Waals surface area contributed by atoms with Crippen LogP contribution in [0.3, 0.4) is 0 Å². The van der Waals surface area contributed by atoms with E-state index in [2.05, 4.69) is 5.16 Å². The van der Waals surface area contributed by atoms with Crippen LogP contribution < -0.4 is 9.14 Å². The maximum Gasteiger partial charge on any atom is 0.516 e. The molecule has 0 unspecified atom stereocenters. The standard InChI is InChI=1S/C21H21ClF4N2O5S/c1-13(27-33-16-8-6-15(23)7-9-16)17-11-14(22)5-10-18(17)28(34(30,31)21(24,25)26)12-32-19(29)20(2,3)4/h5-11H,12H2,1-4H3. The maximum atomic E-state index is 13.5. The summed E-state index contributed by atoms with van der Waals surface area (Å²) in [5.41, 5.74) is -7.52. The molecule has 0 aromatic heterocycles. The Morgan fingerprint density at radius 1 is 1.09 bits per heavy atom. The molecule has 34 heavy (non-hydrogen) atoms. The highest BCUT2D eigenvalue weighted by molar-refractivity contribution is 7.93. The summed E-state index contributed by atoms with van der Waals surface area (Å²) in [6.45, 7) is 4.44. The van der Waals surface area contributed by atoms with Gasteiger partial charge in [-0.15, -0.1) is 0 Å². The third-order valence-electron chi connectivity index (χ3n) is 4.23. The maximum absolute atomic E-state index is 13.5. The molecule has 0 amide bonds. The molecule has 2 rings (SSSR count). The van der Waals surface area contributed by atoms with Gasteiger partial charge in [-0.1, -0.05) is 16.8 Å². The van der Waals surface area contributed by atoms with Crippen molar-refractivity contribution < 1.29 is 40.3 Å². The Morgan fingerprint density at radius 3 is 2.21 bits per heavy atom. The number of ether oxygens (including phenoxy) is 1. The molecule has 2 aromatic rings. The zero-order valence-corrected chi connectivity index (χ0v) is 20.1. The lowest BCUT2D eigenvalue weighted by molar-refractivity contribution is -0.152. The molecule has 0 radical (unpaired) electrons. The van der Waals surface area contributed by atoms with E-state index < -0.39 is 45.2 Å². The van der Waals surface area contributed by atoms with Crippen molar-refractivity contribution in [3.8, 4) is 5.75 Å². The van der Waals surface area contributed by atoms with E-state index in [-0.39, 0.29) is 26.4 Å². The van der Waals surface area contributed by atoms with Crippen LogP contribution in [0.4, 0.5) is 23.2 Å². The van der Waals surface area contributed by atoms with Gasteiger partial charge in [0.25, 0.3) is 0 Å². The van der Waals surface area contributed by atoms with Gasteiger partial charge in [0.2, 0.25) is 0 Å². The highest BCUT2D eigenvalue weighted by Crippen LogP contribution is 2.34. The molecule has 0 bridgehead atoms. The predicted octanol–water partition coefficient (Wildman–Crippen LogP) is 5.48. The van der Waals surface area contributed by atoms with Crippen LogP contribution in [-0.4, -0.2) is 32.3 Å². The van der Waals surface area contributed by atoms with Crippen LogP contribution >= 0.6 is 11.6 Å². The number of oxime groups is 1. The van der Waals surface area contributed by atoms with E-state index >= 15 is 0 Å². The second-order valence-electron chi connectivity index (χ2n) is 7.99. The SMILES string of the molecule is CC(=NOc1ccc(F)cc1)c1cc(Cl)ccc1N(COC(=O)C(C)(C)C)S(=O)(=O)C(F)(F)F. The molecule has 2 aromatic carbocycles. The first-order chi connectivity index (χ1) is 15.5. The number of alkyl halides is 3. The van der Waals surface area contributed by atoms with Gasteiger partial charge >= 0.3 is 21.5 Å². The number of esters is 1. The van der Waals surface area contributed by atoms with Gasteiger partial charge in [0.15, 0.2) is 12.5 Å². The first-order valence-corrected chi connectivity index (χ1v) is 11.4. The second-order valence-corrected chi connectivity index (χ2v) is 10.3. The number of sulfonamides is 1. The van der Waals surface area contributed by atoms with E-state index in [0.29, 0.717) is 0 Å². The topological polar surface area (TPSA) is 85.3 Å². The number of benzene rings is 2. The van der Waals surface area contributed by atoms with Crippen LogP contribution in [0.1, 0.15) is 33.3 Å². The molecule has 0 N–H and O–H groups in total. The normalized spacial score (nSPS) is 12.9. The van der Waals surface area contributed by atoms with Gasteiger partial charge < -0.3 is 9.57 Å². The summed E-state index contributed by atoms with van der Waals surface area (Å²) in [6.07, 6.45) is 0. The molecule has 0 spiro atoms. The molecule has 0 saturated heterocycles. The van der Waals surface area contributed by atoms with Gasteiger partial charge in [0.1, 0.15) is 5.82 Å². The molecule has 0 heterocycles. The van der Waals surface area contributed by atoms with Crippen molar-refractivity contribution in [2.24, 2.45) is 10.6 Å². The van der Waals surface area contributed by atoms with E-state index in [9.17, 15) is 30.8 Å². The average Bonchev–Trinajstić information content (AvgIpc) is 2.72. The Hall–Kier alpha value is -2.86. The fraction of sp³-hybridized carbons (Fsp3) is 0.333. The van der Waals surface area contributed by atoms with E-state index in [1.54, 1.807) is 0 Å². The molecule has 13 heteroatoms. The van der Waals surface area contributed by atoms with Crippen LogP contribution in [0.5, 0.6) is 5.75 Å². The minimum absolute atomic E-state index is 0.0612. The quantitative estimate of drug-likeness (QED) is 0.157. The number of rotatable bonds is 7. The molecular weight excluding hydrogens is 504 g/mol. The van der Waals surface area contributed by atoms with Crippen LogP contribution in [0.2, 0.25) is 5.02 Å². The largest absolute Gasteiger partial charge is 0.516 e. The van der Waals surface area contributed by atoms with Crippen molar-refractivity contribution in [1.29, 1.82) is 0 Å². The zero-order chi connectivity index (χ0) is 25.9. The van der Waals surface area contributed by atoms with Gasteiger partial charge in [-0.2, -0.15) is 21.6 Å². The summed E-state index contributed by atoms with van der Waals surface area (Å²) in [5.74, 6) is -1.33. The minimum Gasteiger partial charge on any atom is -0.443 e. The Kier molecular flexibility index (Phi) is 8.20. The second kappa shape index (κ2) is 10.2. The van der Waals surface area contributed by atoms with Crippen molar-refractivity contribution in [2.75, 3.05) is 11.0 Å². The molecule has 7 nitrogen and oxygen atoms in total.